The highest BCUT2D eigenvalue weighted by Gasteiger charge is 2.40. The van der Waals surface area contributed by atoms with Gasteiger partial charge < -0.3 is 28.6 Å². The van der Waals surface area contributed by atoms with Gasteiger partial charge in [-0.05, 0) is 147 Å². The van der Waals surface area contributed by atoms with Crippen LogP contribution in [0.25, 0.3) is 29.7 Å². The number of hydrogen-bond donors (Lipinski definition) is 2. The van der Waals surface area contributed by atoms with E-state index in [4.69, 9.17) is 18.4 Å². The molecule has 0 spiro atoms. The summed E-state index contributed by atoms with van der Waals surface area (Å²) in [5.74, 6) is -3.43. The van der Waals surface area contributed by atoms with Crippen molar-refractivity contribution < 1.29 is 65.8 Å². The highest BCUT2D eigenvalue weighted by atomic mass is 79.9. The van der Waals surface area contributed by atoms with Crippen LogP contribution in [0, 0.1) is 6.92 Å². The number of aliphatic hydroxyl groups is 2. The summed E-state index contributed by atoms with van der Waals surface area (Å²) >= 11 is 6.01. The number of benzene rings is 4. The third-order valence-electron chi connectivity index (χ3n) is 11.4. The van der Waals surface area contributed by atoms with Crippen molar-refractivity contribution in [2.24, 2.45) is 0 Å². The van der Waals surface area contributed by atoms with Crippen molar-refractivity contribution in [2.75, 3.05) is 0 Å². The molecule has 0 saturated carbocycles. The van der Waals surface area contributed by atoms with Gasteiger partial charge >= 0.3 is 10.1 Å². The van der Waals surface area contributed by atoms with Crippen molar-refractivity contribution in [3.63, 3.8) is 0 Å². The van der Waals surface area contributed by atoms with Gasteiger partial charge in [-0.3, -0.25) is 28.8 Å². The normalized spacial score (nSPS) is 18.5. The Bertz CT molecular complexity index is 3360. The van der Waals surface area contributed by atoms with Gasteiger partial charge in [-0.25, -0.2) is 0 Å². The van der Waals surface area contributed by atoms with Gasteiger partial charge in [0, 0.05) is 56.1 Å². The molecule has 2 N–H and O–H groups in total. The van der Waals surface area contributed by atoms with E-state index in [1.807, 2.05) is 60.6 Å². The Balaban J connectivity index is 0.000000145. The zero-order valence-electron chi connectivity index (χ0n) is 37.8. The summed E-state index contributed by atoms with van der Waals surface area (Å²) in [4.78, 5) is 73.5. The Morgan fingerprint density at radius 1 is 0.522 bits per heavy atom. The lowest BCUT2D eigenvalue weighted by Gasteiger charge is -2.30. The van der Waals surface area contributed by atoms with Gasteiger partial charge in [0.15, 0.2) is 0 Å². The predicted molar refractivity (Wildman–Crippen MR) is 262 cm³/mol. The van der Waals surface area contributed by atoms with Crippen molar-refractivity contribution in [2.45, 2.75) is 70.2 Å². The van der Waals surface area contributed by atoms with Crippen molar-refractivity contribution in [1.82, 2.24) is 0 Å². The van der Waals surface area contributed by atoms with Gasteiger partial charge in [0.2, 0.25) is 40.5 Å². The number of carbonyl (C=O) groups excluding carboxylic acids is 6. The molecule has 14 nitrogen and oxygen atoms in total. The molecular formula is C52H40Br2O14S. The SMILES string of the molecule is CC1(C)C=Cc2c(ccc3c2C(=O)C(=O)C(Br)=C3O)O1.CC1(C)C=Cc2c(ccc3c2C(=O)C(=O)C=C3O)O1.Cc1ccc(S(=O)(=O)OC2=C(Br)C(=O)c3ccc4c(c3C2=O)C=CC(C)(C)O4)cc1. The summed E-state index contributed by atoms with van der Waals surface area (Å²) in [5, 5.41) is 19.8. The molecule has 0 unspecified atom stereocenters. The lowest BCUT2D eigenvalue weighted by Crippen LogP contribution is -2.30. The summed E-state index contributed by atoms with van der Waals surface area (Å²) in [6.45, 7) is 13.1. The largest absolute Gasteiger partial charge is 0.507 e. The number of allylic oxidation sites excluding steroid dienone is 4. The average Bonchev–Trinajstić information content (AvgIpc) is 3.28. The van der Waals surface area contributed by atoms with Gasteiger partial charge in [-0.1, -0.05) is 35.9 Å². The molecule has 0 bridgehead atoms. The maximum atomic E-state index is 13.3. The zero-order valence-corrected chi connectivity index (χ0v) is 41.8. The smallest absolute Gasteiger partial charge is 0.339 e. The molecule has 0 atom stereocenters. The number of halogens is 2. The lowest BCUT2D eigenvalue weighted by atomic mass is 9.87. The van der Waals surface area contributed by atoms with E-state index in [1.165, 1.54) is 18.2 Å². The van der Waals surface area contributed by atoms with E-state index in [1.54, 1.807) is 66.8 Å². The molecule has 0 saturated heterocycles. The molecule has 3 aliphatic carbocycles. The molecule has 10 rings (SSSR count). The predicted octanol–water partition coefficient (Wildman–Crippen LogP) is 10.4. The number of carbonyl (C=O) groups is 6. The maximum absolute atomic E-state index is 13.3. The fourth-order valence-corrected chi connectivity index (χ4v) is 9.82. The van der Waals surface area contributed by atoms with Crippen LogP contribution < -0.4 is 14.2 Å². The average molecular weight is 1080 g/mol. The molecule has 3 heterocycles. The zero-order chi connectivity index (χ0) is 50.3. The first-order valence-corrected chi connectivity index (χ1v) is 24.0. The van der Waals surface area contributed by atoms with Gasteiger partial charge in [-0.2, -0.15) is 8.42 Å². The van der Waals surface area contributed by atoms with Crippen LogP contribution in [0.2, 0.25) is 0 Å². The number of ether oxygens (including phenoxy) is 3. The standard InChI is InChI=1S/C22H17BrO6S.C15H11BrO4.C15H12O4/c1-12-4-6-13(7-5-12)30(26,27)29-21-18(23)19(24)15-8-9-16-14(17(15)20(21)25)10-11-22(2,3)28-16;1-15(2)6-5-7-9(20-15)4-3-8-10(7)13(18)14(19)11(16)12(8)17;1-15(2)6-5-9-12(19-15)4-3-8-10(16)7-11(17)14(18)13(8)9/h4-11H,1-3H3;3-6,17H,1-2H3;3-7,16H,1-2H3. The van der Waals surface area contributed by atoms with E-state index in [0.717, 1.165) is 11.6 Å². The Morgan fingerprint density at radius 2 is 0.957 bits per heavy atom. The number of hydrogen-bond acceptors (Lipinski definition) is 14. The third kappa shape index (κ3) is 8.97. The van der Waals surface area contributed by atoms with Crippen LogP contribution in [0.15, 0.2) is 105 Å². The number of fused-ring (bicyclic) bond motifs is 9. The molecule has 4 aromatic carbocycles. The molecule has 0 amide bonds. The van der Waals surface area contributed by atoms with Crippen LogP contribution in [0.4, 0.5) is 0 Å². The first kappa shape index (κ1) is 48.5. The molecule has 352 valence electrons. The van der Waals surface area contributed by atoms with Crippen molar-refractivity contribution >= 4 is 106 Å². The minimum absolute atomic E-state index is 0.0570. The summed E-state index contributed by atoms with van der Waals surface area (Å²) in [6.07, 6.45) is 11.6. The quantitative estimate of drug-likeness (QED) is 0.144. The summed E-state index contributed by atoms with van der Waals surface area (Å²) in [6, 6.07) is 15.7. The van der Waals surface area contributed by atoms with Gasteiger partial charge in [0.05, 0.1) is 0 Å². The van der Waals surface area contributed by atoms with Crippen LogP contribution in [0.5, 0.6) is 17.2 Å². The van der Waals surface area contributed by atoms with E-state index in [-0.39, 0.29) is 47.6 Å². The van der Waals surface area contributed by atoms with Crippen LogP contribution in [0.1, 0.15) is 116 Å². The van der Waals surface area contributed by atoms with Gasteiger partial charge in [-0.15, -0.1) is 0 Å². The molecule has 4 aromatic rings. The highest BCUT2D eigenvalue weighted by Crippen LogP contribution is 2.43. The number of rotatable bonds is 3. The van der Waals surface area contributed by atoms with Crippen LogP contribution in [0.3, 0.4) is 0 Å². The third-order valence-corrected chi connectivity index (χ3v) is 14.1. The van der Waals surface area contributed by atoms with Crippen molar-refractivity contribution in [3.05, 3.63) is 155 Å². The topological polar surface area (TPSA) is 214 Å². The molecule has 3 aliphatic heterocycles. The Kier molecular flexibility index (Phi) is 12.1. The van der Waals surface area contributed by atoms with Crippen LogP contribution in [-0.2, 0) is 23.9 Å². The highest BCUT2D eigenvalue weighted by molar-refractivity contribution is 9.12. The Hall–Kier alpha value is -6.95. The van der Waals surface area contributed by atoms with E-state index < -0.39 is 67.4 Å². The minimum Gasteiger partial charge on any atom is -0.507 e. The number of Topliss-reactive ketones (excluding diaryl/α,β-unsaturated/α-hetero) is 5. The molecule has 0 fully saturated rings. The van der Waals surface area contributed by atoms with Gasteiger partial charge in [0.1, 0.15) is 59.4 Å². The number of aryl methyl sites for hydroxylation is 1. The summed E-state index contributed by atoms with van der Waals surface area (Å²) < 4.78 is 47.6. The number of ketones is 6. The number of aliphatic hydroxyl groups excluding tert-OH is 2. The van der Waals surface area contributed by atoms with Gasteiger partial charge in [0.25, 0.3) is 0 Å². The van der Waals surface area contributed by atoms with E-state index in [9.17, 15) is 47.4 Å². The van der Waals surface area contributed by atoms with Crippen molar-refractivity contribution in [1.29, 1.82) is 0 Å². The first-order valence-electron chi connectivity index (χ1n) is 21.0. The molecule has 6 aliphatic rings. The van der Waals surface area contributed by atoms with Crippen LogP contribution >= 0.6 is 31.9 Å². The summed E-state index contributed by atoms with van der Waals surface area (Å²) in [5.41, 5.74) is 2.20. The monoisotopic (exact) mass is 1080 g/mol. The molecule has 17 heteroatoms. The second-order valence-electron chi connectivity index (χ2n) is 18.0. The maximum Gasteiger partial charge on any atom is 0.339 e. The summed E-state index contributed by atoms with van der Waals surface area (Å²) in [7, 11) is -4.32. The van der Waals surface area contributed by atoms with Crippen molar-refractivity contribution in [3.8, 4) is 17.2 Å². The molecular weight excluding hydrogens is 1040 g/mol. The lowest BCUT2D eigenvalue weighted by molar-refractivity contribution is -0.111. The van der Waals surface area contributed by atoms with E-state index >= 15 is 0 Å². The minimum atomic E-state index is -4.32. The second-order valence-corrected chi connectivity index (χ2v) is 21.1. The molecule has 69 heavy (non-hydrogen) atoms. The first-order chi connectivity index (χ1) is 32.2. The van der Waals surface area contributed by atoms with E-state index in [2.05, 4.69) is 31.9 Å². The fourth-order valence-electron chi connectivity index (χ4n) is 7.90. The second kappa shape index (κ2) is 17.2. The molecule has 0 aromatic heterocycles. The Labute approximate surface area is 412 Å². The molecule has 0 radical (unpaired) electrons. The fraction of sp³-hybridized carbons (Fsp3) is 0.192. The van der Waals surface area contributed by atoms with Crippen LogP contribution in [-0.4, -0.2) is 70.1 Å². The van der Waals surface area contributed by atoms with E-state index in [0.29, 0.717) is 45.1 Å². The Morgan fingerprint density at radius 3 is 1.45 bits per heavy atom.